The lowest BCUT2D eigenvalue weighted by Gasteiger charge is -2.23. The van der Waals surface area contributed by atoms with Crippen LogP contribution in [0, 0.1) is 0 Å². The summed E-state index contributed by atoms with van der Waals surface area (Å²) in [5, 5.41) is 51.8. The van der Waals surface area contributed by atoms with Crippen molar-refractivity contribution in [3.05, 3.63) is 0 Å². The first kappa shape index (κ1) is 24.6. The second-order valence-electron chi connectivity index (χ2n) is 4.33. The van der Waals surface area contributed by atoms with Crippen LogP contribution in [0.25, 0.3) is 0 Å². The van der Waals surface area contributed by atoms with Gasteiger partial charge in [-0.15, -0.1) is 0 Å². The molecule has 0 aliphatic heterocycles. The lowest BCUT2D eigenvalue weighted by atomic mass is 10.0. The molecule has 0 aliphatic carbocycles. The number of ketones is 2. The lowest BCUT2D eigenvalue weighted by Crippen LogP contribution is -2.48. The highest BCUT2D eigenvalue weighted by molar-refractivity contribution is 5.73. The molecule has 0 aromatic heterocycles. The molecule has 0 bridgehead atoms. The van der Waals surface area contributed by atoms with Crippen molar-refractivity contribution in [3.63, 3.8) is 0 Å². The van der Waals surface area contributed by atoms with Gasteiger partial charge < -0.3 is 40.2 Å². The molecule has 4 unspecified atom stereocenters. The van der Waals surface area contributed by atoms with E-state index in [4.69, 9.17) is 30.6 Å². The van der Waals surface area contributed by atoms with Crippen molar-refractivity contribution in [3.8, 4) is 0 Å². The third-order valence-corrected chi connectivity index (χ3v) is 1.51. The molecule has 0 heterocycles. The number of hydrogen-bond acceptors (Lipinski definition) is 8. The highest BCUT2D eigenvalue weighted by Gasteiger charge is 2.33. The molecule has 4 atom stereocenters. The van der Waals surface area contributed by atoms with Crippen molar-refractivity contribution in [2.75, 3.05) is 6.61 Å². The van der Waals surface area contributed by atoms with Crippen molar-refractivity contribution in [1.29, 1.82) is 0 Å². The smallest absolute Gasteiger partial charge is 0.335 e. The first-order valence-corrected chi connectivity index (χ1v) is 5.88. The molecule has 0 aliphatic rings. The first-order chi connectivity index (χ1) is 9.38. The average Bonchev–Trinajstić information content (AvgIpc) is 2.33. The summed E-state index contributed by atoms with van der Waals surface area (Å²) in [6.45, 7) is 5.27. The largest absolute Gasteiger partial charge is 0.479 e. The number of Topliss-reactive ketones (excluding diaryl/α,β-unsaturated/α-hetero) is 2. The Morgan fingerprint density at radius 3 is 1.29 bits per heavy atom. The van der Waals surface area contributed by atoms with Crippen molar-refractivity contribution in [2.45, 2.75) is 52.1 Å². The predicted molar refractivity (Wildman–Crippen MR) is 71.5 cm³/mol. The Bertz CT molecular complexity index is 296. The van der Waals surface area contributed by atoms with Crippen LogP contribution < -0.4 is 0 Å². The number of carbonyl (C=O) groups is 3. The van der Waals surface area contributed by atoms with Crippen LogP contribution in [0.3, 0.4) is 0 Å². The van der Waals surface area contributed by atoms with E-state index in [2.05, 4.69) is 0 Å². The molecule has 21 heavy (non-hydrogen) atoms. The van der Waals surface area contributed by atoms with Gasteiger partial charge in [-0.2, -0.15) is 0 Å². The number of carboxylic acid groups (broad SMARTS) is 1. The topological polar surface area (TPSA) is 173 Å². The van der Waals surface area contributed by atoms with Gasteiger partial charge in [0.1, 0.15) is 29.9 Å². The number of rotatable bonds is 5. The Morgan fingerprint density at radius 1 is 0.810 bits per heavy atom. The minimum atomic E-state index is -2.20. The van der Waals surface area contributed by atoms with Crippen LogP contribution in [-0.4, -0.2) is 79.2 Å². The van der Waals surface area contributed by atoms with E-state index in [1.54, 1.807) is 0 Å². The molecule has 0 radical (unpaired) electrons. The van der Waals surface area contributed by atoms with E-state index < -0.39 is 37.0 Å². The zero-order valence-corrected chi connectivity index (χ0v) is 12.4. The third kappa shape index (κ3) is 18.6. The number of aliphatic hydroxyl groups excluding tert-OH is 5. The summed E-state index contributed by atoms with van der Waals surface area (Å²) in [4.78, 5) is 29.0. The molecular formula is C12H24O9. The highest BCUT2D eigenvalue weighted by atomic mass is 16.4. The van der Waals surface area contributed by atoms with Crippen LogP contribution in [-0.2, 0) is 14.4 Å². The Morgan fingerprint density at radius 2 is 1.10 bits per heavy atom. The standard InChI is InChI=1S/C6H12O7.2C3H6O/c7-1-2(8)3(9)4(10)5(11)6(12)13;2*1-3(2)4/h2-5,7-11H,1H2,(H,12,13);2*1-2H3. The summed E-state index contributed by atoms with van der Waals surface area (Å²) in [5.41, 5.74) is 0. The Labute approximate surface area is 122 Å². The number of hydrogen-bond donors (Lipinski definition) is 6. The quantitative estimate of drug-likeness (QED) is 0.326. The second kappa shape index (κ2) is 13.6. The minimum absolute atomic E-state index is 0.167. The second-order valence-corrected chi connectivity index (χ2v) is 4.33. The average molecular weight is 312 g/mol. The fourth-order valence-corrected chi connectivity index (χ4v) is 0.668. The van der Waals surface area contributed by atoms with E-state index in [1.165, 1.54) is 27.7 Å². The zero-order valence-electron chi connectivity index (χ0n) is 12.4. The molecule has 0 fully saturated rings. The van der Waals surface area contributed by atoms with Gasteiger partial charge in [0.25, 0.3) is 0 Å². The van der Waals surface area contributed by atoms with Crippen molar-refractivity contribution >= 4 is 17.5 Å². The summed E-state index contributed by atoms with van der Waals surface area (Å²) in [6.07, 6.45) is -7.84. The van der Waals surface area contributed by atoms with Crippen LogP contribution in [0.15, 0.2) is 0 Å². The van der Waals surface area contributed by atoms with Gasteiger partial charge in [0, 0.05) is 0 Å². The van der Waals surface area contributed by atoms with E-state index in [1.807, 2.05) is 0 Å². The van der Waals surface area contributed by atoms with Crippen LogP contribution >= 0.6 is 0 Å². The molecule has 0 saturated carbocycles. The fourth-order valence-electron chi connectivity index (χ4n) is 0.668. The summed E-state index contributed by atoms with van der Waals surface area (Å²) in [7, 11) is 0. The van der Waals surface area contributed by atoms with Gasteiger partial charge in [0.2, 0.25) is 0 Å². The van der Waals surface area contributed by atoms with E-state index in [0.29, 0.717) is 0 Å². The van der Waals surface area contributed by atoms with Crippen molar-refractivity contribution in [2.24, 2.45) is 0 Å². The van der Waals surface area contributed by atoms with E-state index in [9.17, 15) is 14.4 Å². The van der Waals surface area contributed by atoms with Gasteiger partial charge >= 0.3 is 5.97 Å². The van der Waals surface area contributed by atoms with Crippen LogP contribution in [0.4, 0.5) is 0 Å². The molecule has 0 aromatic rings. The SMILES string of the molecule is CC(C)=O.CC(C)=O.O=C(O)C(O)C(O)C(O)C(O)CO. The van der Waals surface area contributed by atoms with Gasteiger partial charge in [-0.25, -0.2) is 4.79 Å². The minimum Gasteiger partial charge on any atom is -0.479 e. The molecule has 9 heteroatoms. The number of carbonyl (C=O) groups excluding carboxylic acids is 2. The number of aliphatic hydroxyl groups is 5. The summed E-state index contributed by atoms with van der Waals surface area (Å²) in [6, 6.07) is 0. The highest BCUT2D eigenvalue weighted by Crippen LogP contribution is 2.04. The van der Waals surface area contributed by atoms with Gasteiger partial charge in [0.05, 0.1) is 6.61 Å². The molecule has 0 aromatic carbocycles. The summed E-state index contributed by atoms with van der Waals surface area (Å²) in [5.74, 6) is -1.39. The number of aliphatic carboxylic acids is 1. The number of carboxylic acids is 1. The normalized spacial score (nSPS) is 15.1. The van der Waals surface area contributed by atoms with Gasteiger partial charge in [0.15, 0.2) is 6.10 Å². The molecule has 0 spiro atoms. The van der Waals surface area contributed by atoms with Crippen molar-refractivity contribution < 1.29 is 45.0 Å². The van der Waals surface area contributed by atoms with Crippen molar-refractivity contribution in [1.82, 2.24) is 0 Å². The van der Waals surface area contributed by atoms with Crippen LogP contribution in [0.1, 0.15) is 27.7 Å². The summed E-state index contributed by atoms with van der Waals surface area (Å²) < 4.78 is 0. The lowest BCUT2D eigenvalue weighted by molar-refractivity contribution is -0.164. The maximum Gasteiger partial charge on any atom is 0.335 e. The molecule has 0 rings (SSSR count). The third-order valence-electron chi connectivity index (χ3n) is 1.51. The molecule has 0 saturated heterocycles. The monoisotopic (exact) mass is 312 g/mol. The molecule has 6 N–H and O–H groups in total. The molecular weight excluding hydrogens is 288 g/mol. The molecule has 9 nitrogen and oxygen atoms in total. The fraction of sp³-hybridized carbons (Fsp3) is 0.750. The first-order valence-electron chi connectivity index (χ1n) is 5.88. The van der Waals surface area contributed by atoms with Crippen LogP contribution in [0.2, 0.25) is 0 Å². The molecule has 0 amide bonds. The van der Waals surface area contributed by atoms with Crippen LogP contribution in [0.5, 0.6) is 0 Å². The van der Waals surface area contributed by atoms with E-state index >= 15 is 0 Å². The van der Waals surface area contributed by atoms with Gasteiger partial charge in [-0.3, -0.25) is 0 Å². The maximum atomic E-state index is 10.1. The molecule has 126 valence electrons. The Kier molecular flexibility index (Phi) is 15.9. The Balaban J connectivity index is -0.000000334. The van der Waals surface area contributed by atoms with Gasteiger partial charge in [-0.05, 0) is 27.7 Å². The van der Waals surface area contributed by atoms with E-state index in [-0.39, 0.29) is 11.6 Å². The van der Waals surface area contributed by atoms with E-state index in [0.717, 1.165) is 0 Å². The zero-order chi connectivity index (χ0) is 17.7. The maximum absolute atomic E-state index is 10.1. The summed E-state index contributed by atoms with van der Waals surface area (Å²) >= 11 is 0. The van der Waals surface area contributed by atoms with Gasteiger partial charge in [-0.1, -0.05) is 0 Å². The predicted octanol–water partition coefficient (Wildman–Crippen LogP) is -2.30. The Hall–Kier alpha value is -1.39.